The molecule has 9 heteroatoms. The van der Waals surface area contributed by atoms with Gasteiger partial charge in [-0.25, -0.2) is 0 Å². The fourth-order valence-electron chi connectivity index (χ4n) is 4.56. The summed E-state index contributed by atoms with van der Waals surface area (Å²) in [6.07, 6.45) is 5.12. The largest absolute Gasteiger partial charge is 0.379 e. The van der Waals surface area contributed by atoms with Gasteiger partial charge in [0.05, 0.1) is 19.3 Å². The maximum absolute atomic E-state index is 12.9. The van der Waals surface area contributed by atoms with Crippen LogP contribution in [0.2, 0.25) is 0 Å². The zero-order valence-corrected chi connectivity index (χ0v) is 22.0. The average Bonchev–Trinajstić information content (AvgIpc) is 2.93. The quantitative estimate of drug-likeness (QED) is 0.264. The molecular weight excluding hydrogens is 472 g/mol. The van der Waals surface area contributed by atoms with Crippen LogP contribution in [0.1, 0.15) is 38.7 Å². The van der Waals surface area contributed by atoms with Crippen LogP contribution in [0.15, 0.2) is 36.4 Å². The second-order valence-corrected chi connectivity index (χ2v) is 10.0. The number of carbonyl (C=O) groups excluding carboxylic acids is 4. The van der Waals surface area contributed by atoms with Gasteiger partial charge in [0.2, 0.25) is 17.6 Å². The molecular formula is C28H40N4O5. The minimum atomic E-state index is -0.875. The average molecular weight is 513 g/mol. The van der Waals surface area contributed by atoms with E-state index in [2.05, 4.69) is 15.5 Å². The molecule has 1 atom stereocenters. The number of morpholine rings is 1. The Balaban J connectivity index is 1.41. The number of Topliss-reactive ketones (excluding diaryl/α,β-unsaturated/α-hetero) is 1. The Labute approximate surface area is 219 Å². The van der Waals surface area contributed by atoms with Crippen molar-refractivity contribution in [1.29, 1.82) is 0 Å². The van der Waals surface area contributed by atoms with E-state index in [1.54, 1.807) is 17.1 Å². The molecule has 0 saturated carbocycles. The number of benzene rings is 1. The number of carbonyl (C=O) groups is 4. The fraction of sp³-hybridized carbons (Fsp3) is 0.571. The van der Waals surface area contributed by atoms with E-state index in [-0.39, 0.29) is 23.7 Å². The van der Waals surface area contributed by atoms with Crippen molar-refractivity contribution in [2.45, 2.75) is 39.2 Å². The normalized spacial score (nSPS) is 18.1. The number of ether oxygens (including phenoxy) is 1. The molecule has 37 heavy (non-hydrogen) atoms. The van der Waals surface area contributed by atoms with Crippen LogP contribution in [0.3, 0.4) is 0 Å². The molecule has 3 rings (SSSR count). The highest BCUT2D eigenvalue weighted by atomic mass is 16.5. The molecule has 0 aliphatic carbocycles. The van der Waals surface area contributed by atoms with Crippen molar-refractivity contribution in [2.75, 3.05) is 52.5 Å². The monoisotopic (exact) mass is 512 g/mol. The van der Waals surface area contributed by atoms with Crippen molar-refractivity contribution < 1.29 is 23.9 Å². The summed E-state index contributed by atoms with van der Waals surface area (Å²) < 4.78 is 5.33. The first-order valence-electron chi connectivity index (χ1n) is 13.3. The number of nitrogens with one attached hydrogen (secondary N) is 2. The van der Waals surface area contributed by atoms with Crippen LogP contribution in [-0.4, -0.2) is 91.8 Å². The summed E-state index contributed by atoms with van der Waals surface area (Å²) in [6.45, 7) is 9.03. The lowest BCUT2D eigenvalue weighted by Gasteiger charge is -2.32. The van der Waals surface area contributed by atoms with E-state index in [4.69, 9.17) is 4.74 Å². The summed E-state index contributed by atoms with van der Waals surface area (Å²) in [5.74, 6) is -2.12. The predicted molar refractivity (Wildman–Crippen MR) is 141 cm³/mol. The van der Waals surface area contributed by atoms with E-state index in [9.17, 15) is 19.2 Å². The molecule has 2 heterocycles. The summed E-state index contributed by atoms with van der Waals surface area (Å²) in [5, 5.41) is 5.51. The van der Waals surface area contributed by atoms with E-state index in [1.807, 2.05) is 44.2 Å². The van der Waals surface area contributed by atoms with Crippen molar-refractivity contribution >= 4 is 29.6 Å². The van der Waals surface area contributed by atoms with Crippen molar-refractivity contribution in [1.82, 2.24) is 20.4 Å². The SMILES string of the molecule is CC(C)C(NC(=O)C1CCN(C(=O)/C=C/c2ccccc2)CC1)C(=O)C(=O)NCCCN1CCOCC1. The minimum Gasteiger partial charge on any atom is -0.379 e. The molecule has 2 saturated heterocycles. The molecule has 2 N–H and O–H groups in total. The van der Waals surface area contributed by atoms with Crippen LogP contribution in [0, 0.1) is 11.8 Å². The molecule has 9 nitrogen and oxygen atoms in total. The van der Waals surface area contributed by atoms with E-state index in [0.717, 1.165) is 44.8 Å². The number of piperidine rings is 1. The number of hydrogen-bond acceptors (Lipinski definition) is 6. The Kier molecular flexibility index (Phi) is 11.3. The lowest BCUT2D eigenvalue weighted by molar-refractivity contribution is -0.141. The topological polar surface area (TPSA) is 108 Å². The standard InChI is InChI=1S/C28H40N4O5/c1-21(2)25(26(34)28(36)29-13-6-14-31-17-19-37-20-18-31)30-27(35)23-11-15-32(16-12-23)24(33)10-9-22-7-4-3-5-8-22/h3-5,7-10,21,23,25H,6,11-20H2,1-2H3,(H,29,36)(H,30,35)/b10-9+. The maximum atomic E-state index is 12.9. The van der Waals surface area contributed by atoms with Crippen molar-refractivity contribution in [2.24, 2.45) is 11.8 Å². The van der Waals surface area contributed by atoms with Gasteiger partial charge < -0.3 is 20.3 Å². The van der Waals surface area contributed by atoms with Gasteiger partial charge in [0, 0.05) is 44.7 Å². The van der Waals surface area contributed by atoms with Gasteiger partial charge in [-0.05, 0) is 43.4 Å². The molecule has 1 aromatic carbocycles. The van der Waals surface area contributed by atoms with Gasteiger partial charge in [-0.2, -0.15) is 0 Å². The Morgan fingerprint density at radius 2 is 1.70 bits per heavy atom. The zero-order valence-electron chi connectivity index (χ0n) is 22.0. The van der Waals surface area contributed by atoms with Gasteiger partial charge in [-0.3, -0.25) is 24.1 Å². The highest BCUT2D eigenvalue weighted by molar-refractivity contribution is 6.38. The molecule has 202 valence electrons. The minimum absolute atomic E-state index is 0.0803. The van der Waals surface area contributed by atoms with Gasteiger partial charge in [0.25, 0.3) is 5.91 Å². The summed E-state index contributed by atoms with van der Waals surface area (Å²) >= 11 is 0. The molecule has 1 unspecified atom stereocenters. The Hall–Kier alpha value is -3.04. The lowest BCUT2D eigenvalue weighted by Crippen LogP contribution is -2.53. The Bertz CT molecular complexity index is 935. The molecule has 0 aromatic heterocycles. The summed E-state index contributed by atoms with van der Waals surface area (Å²) in [7, 11) is 0. The van der Waals surface area contributed by atoms with Crippen molar-refractivity contribution in [3.63, 3.8) is 0 Å². The number of rotatable bonds is 11. The van der Waals surface area contributed by atoms with Crippen LogP contribution in [0.25, 0.3) is 6.08 Å². The van der Waals surface area contributed by atoms with Crippen LogP contribution >= 0.6 is 0 Å². The lowest BCUT2D eigenvalue weighted by atomic mass is 9.93. The van der Waals surface area contributed by atoms with Crippen LogP contribution in [-0.2, 0) is 23.9 Å². The summed E-state index contributed by atoms with van der Waals surface area (Å²) in [6, 6.07) is 8.74. The Morgan fingerprint density at radius 3 is 2.35 bits per heavy atom. The first kappa shape index (κ1) is 28.5. The van der Waals surface area contributed by atoms with E-state index in [0.29, 0.717) is 32.5 Å². The predicted octanol–water partition coefficient (Wildman–Crippen LogP) is 1.49. The van der Waals surface area contributed by atoms with Crippen LogP contribution in [0.4, 0.5) is 0 Å². The Morgan fingerprint density at radius 1 is 1.03 bits per heavy atom. The first-order chi connectivity index (χ1) is 17.8. The molecule has 0 bridgehead atoms. The molecule has 2 fully saturated rings. The highest BCUT2D eigenvalue weighted by Gasteiger charge is 2.33. The third-order valence-corrected chi connectivity index (χ3v) is 6.91. The number of nitrogens with zero attached hydrogens (tertiary/aromatic N) is 2. The van der Waals surface area contributed by atoms with Gasteiger partial charge >= 0.3 is 0 Å². The number of ketones is 1. The first-order valence-corrected chi connectivity index (χ1v) is 13.3. The second kappa shape index (κ2) is 14.6. The molecule has 3 amide bonds. The number of amides is 3. The van der Waals surface area contributed by atoms with E-state index in [1.165, 1.54) is 0 Å². The molecule has 2 aliphatic heterocycles. The summed E-state index contributed by atoms with van der Waals surface area (Å²) in [4.78, 5) is 54.8. The van der Waals surface area contributed by atoms with Crippen LogP contribution < -0.4 is 10.6 Å². The number of likely N-dealkylation sites (tertiary alicyclic amines) is 1. The van der Waals surface area contributed by atoms with Crippen molar-refractivity contribution in [3.05, 3.63) is 42.0 Å². The van der Waals surface area contributed by atoms with E-state index >= 15 is 0 Å². The number of hydrogen-bond donors (Lipinski definition) is 2. The molecule has 0 radical (unpaired) electrons. The molecule has 1 aromatic rings. The smallest absolute Gasteiger partial charge is 0.289 e. The van der Waals surface area contributed by atoms with Crippen LogP contribution in [0.5, 0.6) is 0 Å². The second-order valence-electron chi connectivity index (χ2n) is 10.0. The van der Waals surface area contributed by atoms with E-state index < -0.39 is 17.7 Å². The zero-order chi connectivity index (χ0) is 26.6. The van der Waals surface area contributed by atoms with Gasteiger partial charge in [0.15, 0.2) is 0 Å². The highest BCUT2D eigenvalue weighted by Crippen LogP contribution is 2.19. The van der Waals surface area contributed by atoms with Crippen molar-refractivity contribution in [3.8, 4) is 0 Å². The maximum Gasteiger partial charge on any atom is 0.289 e. The van der Waals surface area contributed by atoms with Gasteiger partial charge in [0.1, 0.15) is 0 Å². The third kappa shape index (κ3) is 9.09. The fourth-order valence-corrected chi connectivity index (χ4v) is 4.56. The van der Waals surface area contributed by atoms with Gasteiger partial charge in [-0.15, -0.1) is 0 Å². The molecule has 2 aliphatic rings. The summed E-state index contributed by atoms with van der Waals surface area (Å²) in [5.41, 5.74) is 0.954. The molecule has 0 spiro atoms. The van der Waals surface area contributed by atoms with Gasteiger partial charge in [-0.1, -0.05) is 44.2 Å². The third-order valence-electron chi connectivity index (χ3n) is 6.91.